The van der Waals surface area contributed by atoms with Crippen LogP contribution in [-0.2, 0) is 17.1 Å². The number of aryl methyl sites for hydroxylation is 2. The highest BCUT2D eigenvalue weighted by molar-refractivity contribution is 7.92. The smallest absolute Gasteiger partial charge is 0.354 e. The Morgan fingerprint density at radius 2 is 2.21 bits per heavy atom. The van der Waals surface area contributed by atoms with Crippen molar-refractivity contribution >= 4 is 21.7 Å². The van der Waals surface area contributed by atoms with Gasteiger partial charge in [0, 0.05) is 18.9 Å². The number of hydrogen-bond donors (Lipinski definition) is 3. The first-order valence-corrected chi connectivity index (χ1v) is 6.71. The fourth-order valence-electron chi connectivity index (χ4n) is 1.56. The molecular weight excluding hydrogens is 272 g/mol. The van der Waals surface area contributed by atoms with Crippen LogP contribution in [0.4, 0.5) is 5.69 Å². The topological polar surface area (TPSA) is 117 Å². The third-order valence-corrected chi connectivity index (χ3v) is 3.62. The van der Waals surface area contributed by atoms with Crippen LogP contribution in [0, 0.1) is 6.92 Å². The highest BCUT2D eigenvalue weighted by Gasteiger charge is 2.22. The lowest BCUT2D eigenvalue weighted by atomic mass is 10.4. The molecule has 2 rings (SSSR count). The van der Waals surface area contributed by atoms with E-state index in [9.17, 15) is 13.2 Å². The van der Waals surface area contributed by atoms with Crippen LogP contribution >= 0.6 is 0 Å². The number of aromatic amines is 1. The van der Waals surface area contributed by atoms with Crippen LogP contribution in [0.1, 0.15) is 16.2 Å². The van der Waals surface area contributed by atoms with Crippen molar-refractivity contribution in [2.24, 2.45) is 7.05 Å². The molecule has 0 fully saturated rings. The Labute approximate surface area is 109 Å². The number of rotatable bonds is 4. The lowest BCUT2D eigenvalue weighted by Gasteiger charge is -2.04. The van der Waals surface area contributed by atoms with E-state index in [1.54, 1.807) is 14.0 Å². The van der Waals surface area contributed by atoms with Gasteiger partial charge in [-0.2, -0.15) is 8.42 Å². The van der Waals surface area contributed by atoms with Gasteiger partial charge < -0.3 is 14.7 Å². The summed E-state index contributed by atoms with van der Waals surface area (Å²) in [5, 5.41) is 8.79. The minimum atomic E-state index is -3.90. The number of carboxylic acids is 1. The number of aromatic carboxylic acids is 1. The maximum atomic E-state index is 12.0. The van der Waals surface area contributed by atoms with E-state index in [0.717, 1.165) is 0 Å². The van der Waals surface area contributed by atoms with Crippen LogP contribution in [0.25, 0.3) is 0 Å². The number of imidazole rings is 1. The molecule has 0 unspecified atom stereocenters. The number of carbonyl (C=O) groups is 1. The Morgan fingerprint density at radius 1 is 1.53 bits per heavy atom. The number of anilines is 1. The molecule has 2 heterocycles. The van der Waals surface area contributed by atoms with Crippen LogP contribution in [-0.4, -0.2) is 34.0 Å². The molecular formula is C10H12N4O4S. The van der Waals surface area contributed by atoms with Gasteiger partial charge >= 0.3 is 5.97 Å². The normalized spacial score (nSPS) is 11.5. The quantitative estimate of drug-likeness (QED) is 0.758. The predicted octanol–water partition coefficient (Wildman–Crippen LogP) is 0.556. The molecule has 8 nitrogen and oxygen atoms in total. The molecule has 2 aromatic heterocycles. The average Bonchev–Trinajstić information content (AvgIpc) is 2.85. The Balaban J connectivity index is 2.38. The van der Waals surface area contributed by atoms with Crippen molar-refractivity contribution in [1.82, 2.24) is 14.5 Å². The fourth-order valence-corrected chi connectivity index (χ4v) is 2.61. The molecule has 3 N–H and O–H groups in total. The molecule has 0 aliphatic carbocycles. The van der Waals surface area contributed by atoms with Gasteiger partial charge in [0.05, 0.1) is 12.0 Å². The Kier molecular flexibility index (Phi) is 3.06. The zero-order valence-corrected chi connectivity index (χ0v) is 11.0. The Morgan fingerprint density at radius 3 is 2.74 bits per heavy atom. The number of nitrogens with zero attached hydrogens (tertiary/aromatic N) is 2. The second-order valence-corrected chi connectivity index (χ2v) is 5.66. The SMILES string of the molecule is Cc1cc(NS(=O)(=O)c2cn(C)cn2)c(C(=O)O)[nH]1. The molecule has 0 aromatic carbocycles. The standard InChI is InChI=1S/C10H12N4O4S/c1-6-3-7(9(12-6)10(15)16)13-19(17,18)8-4-14(2)5-11-8/h3-5,12-13H,1-2H3,(H,15,16). The largest absolute Gasteiger partial charge is 0.477 e. The van der Waals surface area contributed by atoms with Crippen LogP contribution < -0.4 is 4.72 Å². The molecule has 0 saturated carbocycles. The van der Waals surface area contributed by atoms with Gasteiger partial charge in [-0.15, -0.1) is 0 Å². The van der Waals surface area contributed by atoms with Crippen molar-refractivity contribution < 1.29 is 18.3 Å². The molecule has 0 aliphatic heterocycles. The number of H-pyrrole nitrogens is 1. The third-order valence-electron chi connectivity index (χ3n) is 2.37. The number of carboxylic acid groups (broad SMARTS) is 1. The molecule has 0 aliphatic rings. The number of aromatic nitrogens is 3. The monoisotopic (exact) mass is 284 g/mol. The average molecular weight is 284 g/mol. The summed E-state index contributed by atoms with van der Waals surface area (Å²) in [6.07, 6.45) is 2.66. The third kappa shape index (κ3) is 2.60. The van der Waals surface area contributed by atoms with Crippen LogP contribution in [0.5, 0.6) is 0 Å². The van der Waals surface area contributed by atoms with Crippen molar-refractivity contribution in [3.8, 4) is 0 Å². The number of hydrogen-bond acceptors (Lipinski definition) is 4. The molecule has 0 radical (unpaired) electrons. The van der Waals surface area contributed by atoms with Gasteiger partial charge in [-0.1, -0.05) is 0 Å². The molecule has 0 bridgehead atoms. The lowest BCUT2D eigenvalue weighted by molar-refractivity contribution is 0.0692. The van der Waals surface area contributed by atoms with Crippen molar-refractivity contribution in [3.63, 3.8) is 0 Å². The molecule has 0 amide bonds. The fraction of sp³-hybridized carbons (Fsp3) is 0.200. The number of nitrogens with one attached hydrogen (secondary N) is 2. The summed E-state index contributed by atoms with van der Waals surface area (Å²) >= 11 is 0. The maximum Gasteiger partial charge on any atom is 0.354 e. The maximum absolute atomic E-state index is 12.0. The summed E-state index contributed by atoms with van der Waals surface area (Å²) in [7, 11) is -2.27. The highest BCUT2D eigenvalue weighted by atomic mass is 32.2. The van der Waals surface area contributed by atoms with Gasteiger partial charge in [0.1, 0.15) is 5.69 Å². The second kappa shape index (κ2) is 4.43. The van der Waals surface area contributed by atoms with E-state index in [0.29, 0.717) is 5.69 Å². The van der Waals surface area contributed by atoms with E-state index in [-0.39, 0.29) is 16.4 Å². The highest BCUT2D eigenvalue weighted by Crippen LogP contribution is 2.20. The predicted molar refractivity (Wildman–Crippen MR) is 66.5 cm³/mol. The molecule has 0 atom stereocenters. The van der Waals surface area contributed by atoms with Crippen molar-refractivity contribution in [2.75, 3.05) is 4.72 Å². The Hall–Kier alpha value is -2.29. The van der Waals surface area contributed by atoms with Gasteiger partial charge in [-0.3, -0.25) is 4.72 Å². The first kappa shape index (κ1) is 13.1. The minimum Gasteiger partial charge on any atom is -0.477 e. The first-order chi connectivity index (χ1) is 8.79. The van der Waals surface area contributed by atoms with Gasteiger partial charge in [0.15, 0.2) is 5.03 Å². The summed E-state index contributed by atoms with van der Waals surface area (Å²) in [5.41, 5.74) is 0.309. The van der Waals surface area contributed by atoms with Gasteiger partial charge in [0.2, 0.25) is 0 Å². The summed E-state index contributed by atoms with van der Waals surface area (Å²) in [6, 6.07) is 1.41. The zero-order chi connectivity index (χ0) is 14.2. The van der Waals surface area contributed by atoms with E-state index in [4.69, 9.17) is 5.11 Å². The summed E-state index contributed by atoms with van der Waals surface area (Å²) in [6.45, 7) is 1.63. The number of sulfonamides is 1. The zero-order valence-electron chi connectivity index (χ0n) is 10.2. The summed E-state index contributed by atoms with van der Waals surface area (Å²) < 4.78 is 27.7. The van der Waals surface area contributed by atoms with Crippen LogP contribution in [0.15, 0.2) is 23.6 Å². The summed E-state index contributed by atoms with van der Waals surface area (Å²) in [5.74, 6) is -1.24. The van der Waals surface area contributed by atoms with Gasteiger partial charge in [0.25, 0.3) is 10.0 Å². The molecule has 19 heavy (non-hydrogen) atoms. The van der Waals surface area contributed by atoms with E-state index in [1.807, 2.05) is 0 Å². The van der Waals surface area contributed by atoms with E-state index in [2.05, 4.69) is 14.7 Å². The van der Waals surface area contributed by atoms with Crippen molar-refractivity contribution in [3.05, 3.63) is 30.0 Å². The van der Waals surface area contributed by atoms with E-state index < -0.39 is 16.0 Å². The molecule has 9 heteroatoms. The first-order valence-electron chi connectivity index (χ1n) is 5.23. The molecule has 102 valence electrons. The lowest BCUT2D eigenvalue weighted by Crippen LogP contribution is -2.15. The Bertz CT molecular complexity index is 729. The molecule has 2 aromatic rings. The van der Waals surface area contributed by atoms with Gasteiger partial charge in [-0.05, 0) is 13.0 Å². The van der Waals surface area contributed by atoms with Crippen molar-refractivity contribution in [1.29, 1.82) is 0 Å². The second-order valence-electron chi connectivity index (χ2n) is 4.03. The van der Waals surface area contributed by atoms with E-state index >= 15 is 0 Å². The van der Waals surface area contributed by atoms with Crippen LogP contribution in [0.2, 0.25) is 0 Å². The summed E-state index contributed by atoms with van der Waals surface area (Å²) in [4.78, 5) is 17.3. The molecule has 0 spiro atoms. The molecule has 0 saturated heterocycles. The van der Waals surface area contributed by atoms with Crippen LogP contribution in [0.3, 0.4) is 0 Å². The van der Waals surface area contributed by atoms with E-state index in [1.165, 1.54) is 23.2 Å². The van der Waals surface area contributed by atoms with Gasteiger partial charge in [-0.25, -0.2) is 9.78 Å². The minimum absolute atomic E-state index is 0.0179. The van der Waals surface area contributed by atoms with Crippen molar-refractivity contribution in [2.45, 2.75) is 11.9 Å².